The Balaban J connectivity index is 4.19. The first kappa shape index (κ1) is 13.4. The molecule has 14 heavy (non-hydrogen) atoms. The Morgan fingerprint density at radius 1 is 1.36 bits per heavy atom. The van der Waals surface area contributed by atoms with Gasteiger partial charge in [-0.2, -0.15) is 0 Å². The van der Waals surface area contributed by atoms with Gasteiger partial charge in [0.2, 0.25) is 5.78 Å². The van der Waals surface area contributed by atoms with Gasteiger partial charge in [0.15, 0.2) is 5.38 Å². The molecule has 0 saturated heterocycles. The third kappa shape index (κ3) is 5.19. The fraction of sp³-hybridized carbons (Fsp3) is 0.778. The molecule has 0 aliphatic carbocycles. The predicted octanol–water partition coefficient (Wildman–Crippen LogP) is 0.432. The average molecular weight is 223 g/mol. The maximum absolute atomic E-state index is 11.4. The van der Waals surface area contributed by atoms with Crippen molar-refractivity contribution in [3.8, 4) is 0 Å². The van der Waals surface area contributed by atoms with Crippen LogP contribution in [0.25, 0.3) is 0 Å². The van der Waals surface area contributed by atoms with Crippen molar-refractivity contribution in [1.82, 2.24) is 0 Å². The molecule has 0 bridgehead atoms. The predicted molar refractivity (Wildman–Crippen MR) is 54.2 cm³/mol. The van der Waals surface area contributed by atoms with Crippen molar-refractivity contribution in [3.63, 3.8) is 0 Å². The fourth-order valence-corrected chi connectivity index (χ4v) is 1.03. The molecule has 0 aliphatic rings. The van der Waals surface area contributed by atoms with Gasteiger partial charge in [-0.25, -0.2) is 4.79 Å². The number of rotatable bonds is 5. The second-order valence-corrected chi connectivity index (χ2v) is 4.47. The van der Waals surface area contributed by atoms with Gasteiger partial charge >= 0.3 is 5.97 Å². The molecule has 0 spiro atoms. The highest BCUT2D eigenvalue weighted by Gasteiger charge is 2.29. The van der Waals surface area contributed by atoms with E-state index < -0.39 is 11.3 Å². The molecule has 0 aromatic carbocycles. The van der Waals surface area contributed by atoms with Crippen LogP contribution in [0.2, 0.25) is 0 Å². The quantitative estimate of drug-likeness (QED) is 0.293. The summed E-state index contributed by atoms with van der Waals surface area (Å²) < 4.78 is 5.09. The summed E-state index contributed by atoms with van der Waals surface area (Å²) in [6.07, 6.45) is 0. The SMILES string of the molecule is CCOC(=O)C(Cl)C(=O)C[N+](C)(C)C. The lowest BCUT2D eigenvalue weighted by molar-refractivity contribution is -0.862. The van der Waals surface area contributed by atoms with Crippen molar-refractivity contribution in [2.24, 2.45) is 0 Å². The molecule has 1 atom stereocenters. The van der Waals surface area contributed by atoms with E-state index >= 15 is 0 Å². The van der Waals surface area contributed by atoms with Crippen molar-refractivity contribution in [3.05, 3.63) is 0 Å². The number of nitrogens with zero attached hydrogens (tertiary/aromatic N) is 1. The van der Waals surface area contributed by atoms with Gasteiger partial charge in [0.25, 0.3) is 0 Å². The Morgan fingerprint density at radius 3 is 2.21 bits per heavy atom. The van der Waals surface area contributed by atoms with E-state index in [4.69, 9.17) is 11.6 Å². The van der Waals surface area contributed by atoms with E-state index in [9.17, 15) is 9.59 Å². The zero-order valence-electron chi connectivity index (χ0n) is 9.04. The van der Waals surface area contributed by atoms with Crippen molar-refractivity contribution in [2.45, 2.75) is 12.3 Å². The fourth-order valence-electron chi connectivity index (χ4n) is 0.895. The Hall–Kier alpha value is -0.610. The molecule has 0 N–H and O–H groups in total. The molecule has 0 aromatic heterocycles. The zero-order valence-corrected chi connectivity index (χ0v) is 9.80. The van der Waals surface area contributed by atoms with Gasteiger partial charge in [-0.3, -0.25) is 4.79 Å². The monoisotopic (exact) mass is 222 g/mol. The van der Waals surface area contributed by atoms with E-state index in [1.165, 1.54) is 0 Å². The lowest BCUT2D eigenvalue weighted by Gasteiger charge is -2.23. The van der Waals surface area contributed by atoms with E-state index in [-0.39, 0.29) is 18.9 Å². The van der Waals surface area contributed by atoms with Crippen LogP contribution in [-0.4, -0.2) is 55.9 Å². The Morgan fingerprint density at radius 2 is 1.86 bits per heavy atom. The number of hydrogen-bond acceptors (Lipinski definition) is 3. The molecule has 0 amide bonds. The summed E-state index contributed by atoms with van der Waals surface area (Å²) >= 11 is 5.63. The second kappa shape index (κ2) is 5.32. The van der Waals surface area contributed by atoms with Crippen LogP contribution in [-0.2, 0) is 14.3 Å². The van der Waals surface area contributed by atoms with Gasteiger partial charge in [0.05, 0.1) is 27.7 Å². The summed E-state index contributed by atoms with van der Waals surface area (Å²) in [6.45, 7) is 2.12. The number of likely N-dealkylation sites (N-methyl/N-ethyl adjacent to an activating group) is 1. The summed E-state index contributed by atoms with van der Waals surface area (Å²) in [5.74, 6) is -0.967. The molecule has 0 radical (unpaired) electrons. The van der Waals surface area contributed by atoms with Crippen LogP contribution < -0.4 is 0 Å². The first-order valence-corrected chi connectivity index (χ1v) is 4.85. The molecule has 0 heterocycles. The standard InChI is InChI=1S/C9H17ClNO3/c1-5-14-9(13)8(10)7(12)6-11(2,3)4/h8H,5-6H2,1-4H3/q+1. The summed E-state index contributed by atoms with van der Waals surface area (Å²) in [5.41, 5.74) is 0. The summed E-state index contributed by atoms with van der Waals surface area (Å²) in [7, 11) is 5.56. The van der Waals surface area contributed by atoms with E-state index in [2.05, 4.69) is 4.74 Å². The van der Waals surface area contributed by atoms with Crippen LogP contribution in [0.3, 0.4) is 0 Å². The molecular formula is C9H17ClNO3+. The summed E-state index contributed by atoms with van der Waals surface area (Å²) in [4.78, 5) is 22.5. The molecule has 0 rings (SSSR count). The number of carbonyl (C=O) groups excluding carboxylic acids is 2. The maximum Gasteiger partial charge on any atom is 0.332 e. The first-order valence-electron chi connectivity index (χ1n) is 4.42. The molecule has 82 valence electrons. The molecule has 1 unspecified atom stereocenters. The molecular weight excluding hydrogens is 206 g/mol. The number of ketones is 1. The van der Waals surface area contributed by atoms with Crippen molar-refractivity contribution in [2.75, 3.05) is 34.3 Å². The van der Waals surface area contributed by atoms with Gasteiger partial charge in [0.1, 0.15) is 6.54 Å². The van der Waals surface area contributed by atoms with Gasteiger partial charge < -0.3 is 9.22 Å². The highest BCUT2D eigenvalue weighted by Crippen LogP contribution is 2.04. The smallest absolute Gasteiger partial charge is 0.332 e. The normalized spacial score (nSPS) is 13.5. The number of quaternary nitrogens is 1. The van der Waals surface area contributed by atoms with Crippen molar-refractivity contribution >= 4 is 23.4 Å². The first-order chi connectivity index (χ1) is 6.28. The minimum Gasteiger partial charge on any atom is -0.465 e. The number of Topliss-reactive ketones (excluding diaryl/α,β-unsaturated/α-hetero) is 1. The number of esters is 1. The highest BCUT2D eigenvalue weighted by atomic mass is 35.5. The lowest BCUT2D eigenvalue weighted by atomic mass is 10.2. The van der Waals surface area contributed by atoms with Crippen molar-refractivity contribution < 1.29 is 18.8 Å². The third-order valence-corrected chi connectivity index (χ3v) is 1.83. The summed E-state index contributed by atoms with van der Waals surface area (Å²) in [6, 6.07) is 0. The van der Waals surface area contributed by atoms with E-state index in [0.29, 0.717) is 4.48 Å². The van der Waals surface area contributed by atoms with E-state index in [0.717, 1.165) is 0 Å². The zero-order chi connectivity index (χ0) is 11.4. The van der Waals surface area contributed by atoms with E-state index in [1.807, 2.05) is 21.1 Å². The lowest BCUT2D eigenvalue weighted by Crippen LogP contribution is -2.44. The molecule has 0 aliphatic heterocycles. The van der Waals surface area contributed by atoms with Crippen LogP contribution >= 0.6 is 11.6 Å². The van der Waals surface area contributed by atoms with Crippen LogP contribution in [0.4, 0.5) is 0 Å². The molecule has 0 aromatic rings. The number of carbonyl (C=O) groups is 2. The van der Waals surface area contributed by atoms with Crippen LogP contribution in [0, 0.1) is 0 Å². The van der Waals surface area contributed by atoms with Gasteiger partial charge in [-0.1, -0.05) is 0 Å². The maximum atomic E-state index is 11.4. The van der Waals surface area contributed by atoms with Gasteiger partial charge in [-0.15, -0.1) is 11.6 Å². The van der Waals surface area contributed by atoms with Crippen molar-refractivity contribution in [1.29, 1.82) is 0 Å². The van der Waals surface area contributed by atoms with Gasteiger partial charge in [0, 0.05) is 0 Å². The number of alkyl halides is 1. The van der Waals surface area contributed by atoms with Crippen LogP contribution in [0.1, 0.15) is 6.92 Å². The topological polar surface area (TPSA) is 43.4 Å². The second-order valence-electron chi connectivity index (χ2n) is 4.03. The third-order valence-electron chi connectivity index (χ3n) is 1.41. The molecule has 5 heteroatoms. The van der Waals surface area contributed by atoms with Crippen LogP contribution in [0.15, 0.2) is 0 Å². The minimum atomic E-state index is -1.17. The number of hydrogen-bond donors (Lipinski definition) is 0. The Labute approximate surface area is 89.4 Å². The summed E-state index contributed by atoms with van der Waals surface area (Å²) in [5, 5.41) is -1.17. The number of halogens is 1. The molecule has 0 fully saturated rings. The number of ether oxygens (including phenoxy) is 1. The average Bonchev–Trinajstić information content (AvgIpc) is 2.00. The Bertz CT molecular complexity index is 223. The highest BCUT2D eigenvalue weighted by molar-refractivity contribution is 6.41. The van der Waals surface area contributed by atoms with Gasteiger partial charge in [-0.05, 0) is 6.92 Å². The largest absolute Gasteiger partial charge is 0.465 e. The molecule has 0 saturated carbocycles. The molecule has 4 nitrogen and oxygen atoms in total. The minimum absolute atomic E-state index is 0.215. The van der Waals surface area contributed by atoms with E-state index in [1.54, 1.807) is 6.92 Å². The Kier molecular flexibility index (Phi) is 5.08. The van der Waals surface area contributed by atoms with Crippen LogP contribution in [0.5, 0.6) is 0 Å².